The number of carbonyl (C=O) groups excluding carboxylic acids is 1. The minimum atomic E-state index is -0.742. The predicted molar refractivity (Wildman–Crippen MR) is 74.6 cm³/mol. The molecule has 0 aliphatic rings. The summed E-state index contributed by atoms with van der Waals surface area (Å²) in [4.78, 5) is 12.2. The molecule has 0 spiro atoms. The lowest BCUT2D eigenvalue weighted by atomic mass is 9.97. The van der Waals surface area contributed by atoms with Gasteiger partial charge in [0.2, 0.25) is 5.91 Å². The second kappa shape index (κ2) is 5.99. The number of nitrogens with one attached hydrogen (secondary N) is 2. The minimum absolute atomic E-state index is 0.187. The molecule has 0 aliphatic heterocycles. The molecule has 1 aromatic carbocycles. The Bertz CT molecular complexity index is 612. The Morgan fingerprint density at radius 2 is 2.14 bits per heavy atom. The summed E-state index contributed by atoms with van der Waals surface area (Å²) in [5.41, 5.74) is -0.217. The van der Waals surface area contributed by atoms with Crippen molar-refractivity contribution in [3.63, 3.8) is 0 Å². The Morgan fingerprint density at radius 1 is 1.43 bits per heavy atom. The molecule has 0 bridgehead atoms. The van der Waals surface area contributed by atoms with Crippen molar-refractivity contribution in [2.45, 2.75) is 32.7 Å². The number of tetrazole rings is 1. The van der Waals surface area contributed by atoms with Crippen molar-refractivity contribution >= 4 is 5.91 Å². The van der Waals surface area contributed by atoms with E-state index in [1.165, 1.54) is 6.07 Å². The molecule has 0 saturated carbocycles. The van der Waals surface area contributed by atoms with Gasteiger partial charge in [0.25, 0.3) is 0 Å². The first-order valence-corrected chi connectivity index (χ1v) is 6.69. The molecule has 6 nitrogen and oxygen atoms in total. The second-order valence-electron chi connectivity index (χ2n) is 5.55. The summed E-state index contributed by atoms with van der Waals surface area (Å²) in [7, 11) is 0. The molecule has 112 valence electrons. The van der Waals surface area contributed by atoms with E-state index in [0.29, 0.717) is 17.8 Å². The van der Waals surface area contributed by atoms with Gasteiger partial charge in [-0.1, -0.05) is 30.3 Å². The molecule has 1 atom stereocenters. The van der Waals surface area contributed by atoms with Crippen LogP contribution in [0.5, 0.6) is 0 Å². The van der Waals surface area contributed by atoms with E-state index >= 15 is 0 Å². The number of nitrogens with zero attached hydrogens (tertiary/aromatic N) is 3. The Morgan fingerprint density at radius 3 is 2.76 bits per heavy atom. The highest BCUT2D eigenvalue weighted by Crippen LogP contribution is 2.17. The monoisotopic (exact) mass is 291 g/mol. The van der Waals surface area contributed by atoms with Crippen LogP contribution in [0.15, 0.2) is 24.3 Å². The maximum absolute atomic E-state index is 13.6. The van der Waals surface area contributed by atoms with E-state index < -0.39 is 5.54 Å². The van der Waals surface area contributed by atoms with Crippen LogP contribution in [0.1, 0.15) is 32.2 Å². The first kappa shape index (κ1) is 15.1. The van der Waals surface area contributed by atoms with E-state index in [2.05, 4.69) is 25.9 Å². The third-order valence-corrected chi connectivity index (χ3v) is 3.27. The van der Waals surface area contributed by atoms with Crippen LogP contribution >= 0.6 is 0 Å². The molecular weight excluding hydrogens is 273 g/mol. The average Bonchev–Trinajstić information content (AvgIpc) is 2.95. The molecule has 1 aromatic heterocycles. The fraction of sp³-hybridized carbons (Fsp3) is 0.429. The fourth-order valence-electron chi connectivity index (χ4n) is 2.00. The molecule has 0 fully saturated rings. The molecule has 1 heterocycles. The summed E-state index contributed by atoms with van der Waals surface area (Å²) in [5.74, 6) is -0.454. The highest BCUT2D eigenvalue weighted by Gasteiger charge is 2.29. The molecular formula is C14H18FN5O. The molecule has 0 radical (unpaired) electrons. The van der Waals surface area contributed by atoms with Gasteiger partial charge in [-0.25, -0.2) is 4.39 Å². The van der Waals surface area contributed by atoms with Crippen molar-refractivity contribution in [1.29, 1.82) is 0 Å². The lowest BCUT2D eigenvalue weighted by molar-refractivity contribution is -0.126. The third kappa shape index (κ3) is 3.62. The highest BCUT2D eigenvalue weighted by atomic mass is 19.1. The molecule has 0 saturated heterocycles. The smallest absolute Gasteiger partial charge is 0.223 e. The molecule has 0 aliphatic carbocycles. The maximum atomic E-state index is 13.6. The normalized spacial score (nSPS) is 13.0. The van der Waals surface area contributed by atoms with Crippen LogP contribution in [0.2, 0.25) is 0 Å². The van der Waals surface area contributed by atoms with Gasteiger partial charge in [0.15, 0.2) is 5.82 Å². The number of hydrogen-bond acceptors (Lipinski definition) is 4. The van der Waals surface area contributed by atoms with Crippen LogP contribution in [0.25, 0.3) is 0 Å². The summed E-state index contributed by atoms with van der Waals surface area (Å²) < 4.78 is 13.6. The van der Waals surface area contributed by atoms with E-state index in [1.54, 1.807) is 39.0 Å². The zero-order chi connectivity index (χ0) is 15.5. The average molecular weight is 291 g/mol. The van der Waals surface area contributed by atoms with Crippen molar-refractivity contribution < 1.29 is 9.18 Å². The van der Waals surface area contributed by atoms with Gasteiger partial charge in [0, 0.05) is 5.92 Å². The number of aromatic nitrogens is 4. The van der Waals surface area contributed by atoms with Gasteiger partial charge < -0.3 is 5.32 Å². The maximum Gasteiger partial charge on any atom is 0.223 e. The number of H-pyrrole nitrogens is 1. The molecule has 2 aromatic rings. The van der Waals surface area contributed by atoms with Crippen LogP contribution in [0, 0.1) is 11.7 Å². The van der Waals surface area contributed by atoms with Crippen LogP contribution in [0.3, 0.4) is 0 Å². The summed E-state index contributed by atoms with van der Waals surface area (Å²) in [5, 5.41) is 16.4. The first-order valence-electron chi connectivity index (χ1n) is 6.69. The number of benzene rings is 1. The number of aromatic amines is 1. The van der Waals surface area contributed by atoms with Crippen molar-refractivity contribution in [1.82, 2.24) is 25.9 Å². The van der Waals surface area contributed by atoms with Crippen LogP contribution in [-0.4, -0.2) is 26.5 Å². The summed E-state index contributed by atoms with van der Waals surface area (Å²) in [6.45, 7) is 5.32. The van der Waals surface area contributed by atoms with Crippen LogP contribution in [0.4, 0.5) is 4.39 Å². The fourth-order valence-corrected chi connectivity index (χ4v) is 2.00. The predicted octanol–water partition coefficient (Wildman–Crippen LogP) is 1.57. The number of halogens is 1. The summed E-state index contributed by atoms with van der Waals surface area (Å²) in [6.07, 6.45) is 0.334. The first-order chi connectivity index (χ1) is 9.90. The topological polar surface area (TPSA) is 83.6 Å². The van der Waals surface area contributed by atoms with Gasteiger partial charge in [-0.05, 0) is 31.9 Å². The van der Waals surface area contributed by atoms with Gasteiger partial charge >= 0.3 is 0 Å². The Hall–Kier alpha value is -2.31. The van der Waals surface area contributed by atoms with E-state index in [1.807, 2.05) is 0 Å². The SMILES string of the molecule is CC(Cc1ccccc1F)C(=O)NC(C)(C)c1nn[nH]n1. The van der Waals surface area contributed by atoms with Gasteiger partial charge in [-0.15, -0.1) is 10.2 Å². The van der Waals surface area contributed by atoms with E-state index in [0.717, 1.165) is 0 Å². The number of carbonyl (C=O) groups is 1. The molecule has 21 heavy (non-hydrogen) atoms. The van der Waals surface area contributed by atoms with Crippen molar-refractivity contribution in [2.75, 3.05) is 0 Å². The zero-order valence-corrected chi connectivity index (χ0v) is 12.2. The van der Waals surface area contributed by atoms with Crippen molar-refractivity contribution in [3.8, 4) is 0 Å². The standard InChI is InChI=1S/C14H18FN5O/c1-9(8-10-6-4-5-7-11(10)15)12(21)16-14(2,3)13-17-19-20-18-13/h4-7,9H,8H2,1-3H3,(H,16,21)(H,17,18,19,20). The molecule has 1 amide bonds. The number of hydrogen-bond donors (Lipinski definition) is 2. The van der Waals surface area contributed by atoms with Gasteiger partial charge in [0.1, 0.15) is 5.82 Å². The van der Waals surface area contributed by atoms with Crippen molar-refractivity contribution in [3.05, 3.63) is 41.5 Å². The lowest BCUT2D eigenvalue weighted by Gasteiger charge is -2.24. The number of rotatable bonds is 5. The van der Waals surface area contributed by atoms with Gasteiger partial charge in [-0.2, -0.15) is 5.21 Å². The number of amides is 1. The Kier molecular flexibility index (Phi) is 4.30. The van der Waals surface area contributed by atoms with E-state index in [4.69, 9.17) is 0 Å². The second-order valence-corrected chi connectivity index (χ2v) is 5.55. The Labute approximate surface area is 122 Å². The molecule has 2 rings (SSSR count). The largest absolute Gasteiger partial charge is 0.344 e. The van der Waals surface area contributed by atoms with Crippen LogP contribution in [-0.2, 0) is 16.8 Å². The molecule has 1 unspecified atom stereocenters. The lowest BCUT2D eigenvalue weighted by Crippen LogP contribution is -2.44. The molecule has 2 N–H and O–H groups in total. The van der Waals surface area contributed by atoms with E-state index in [9.17, 15) is 9.18 Å². The quantitative estimate of drug-likeness (QED) is 0.876. The van der Waals surface area contributed by atoms with Gasteiger partial charge in [-0.3, -0.25) is 4.79 Å². The van der Waals surface area contributed by atoms with Crippen LogP contribution < -0.4 is 5.32 Å². The zero-order valence-electron chi connectivity index (χ0n) is 12.2. The molecule has 7 heteroatoms. The third-order valence-electron chi connectivity index (χ3n) is 3.27. The van der Waals surface area contributed by atoms with Crippen molar-refractivity contribution in [2.24, 2.45) is 5.92 Å². The summed E-state index contributed by atoms with van der Waals surface area (Å²) in [6, 6.07) is 6.46. The van der Waals surface area contributed by atoms with E-state index in [-0.39, 0.29) is 17.6 Å². The Balaban J connectivity index is 2.02. The highest BCUT2D eigenvalue weighted by molar-refractivity contribution is 5.79. The minimum Gasteiger partial charge on any atom is -0.344 e. The summed E-state index contributed by atoms with van der Waals surface area (Å²) >= 11 is 0. The van der Waals surface area contributed by atoms with Gasteiger partial charge in [0.05, 0.1) is 5.54 Å².